The van der Waals surface area contributed by atoms with E-state index >= 15 is 0 Å². The highest BCUT2D eigenvalue weighted by atomic mass is 35.5. The number of amides is 1. The van der Waals surface area contributed by atoms with Gasteiger partial charge in [0, 0.05) is 23.7 Å². The van der Waals surface area contributed by atoms with Crippen LogP contribution in [-0.4, -0.2) is 34.2 Å². The highest BCUT2D eigenvalue weighted by Crippen LogP contribution is 2.33. The van der Waals surface area contributed by atoms with Gasteiger partial charge in [0.2, 0.25) is 0 Å². The topological polar surface area (TPSA) is 52.9 Å². The van der Waals surface area contributed by atoms with E-state index in [1.165, 1.54) is 24.2 Å². The number of hydrogen-bond donors (Lipinski definition) is 1. The second-order valence-corrected chi connectivity index (χ2v) is 6.51. The van der Waals surface area contributed by atoms with E-state index in [1.54, 1.807) is 18.2 Å². The van der Waals surface area contributed by atoms with Crippen molar-refractivity contribution in [1.82, 2.24) is 4.90 Å². The maximum absolute atomic E-state index is 12.0. The van der Waals surface area contributed by atoms with Gasteiger partial charge in [-0.15, -0.1) is 0 Å². The van der Waals surface area contributed by atoms with Crippen LogP contribution in [-0.2, 0) is 4.79 Å². The van der Waals surface area contributed by atoms with Crippen LogP contribution in [0.3, 0.4) is 0 Å². The Morgan fingerprint density at radius 3 is 2.81 bits per heavy atom. The molecule has 2 aliphatic heterocycles. The number of piperidine rings is 1. The molecule has 1 amide bonds. The molecular weight excluding hydrogens is 308 g/mol. The fourth-order valence-electron chi connectivity index (χ4n) is 2.40. The van der Waals surface area contributed by atoms with Crippen molar-refractivity contribution >= 4 is 40.5 Å². The molecule has 0 aliphatic carbocycles. The number of aliphatic imine (C=N–C) groups is 1. The molecular formula is C15H15ClN2O2S. The van der Waals surface area contributed by atoms with Crippen molar-refractivity contribution in [2.24, 2.45) is 4.99 Å². The van der Waals surface area contributed by atoms with Crippen molar-refractivity contribution in [3.8, 4) is 5.75 Å². The molecule has 1 aromatic carbocycles. The minimum absolute atomic E-state index is 0.103. The number of benzene rings is 1. The number of hydrogen-bond acceptors (Lipinski definition) is 4. The molecule has 1 fully saturated rings. The molecule has 0 spiro atoms. The molecule has 21 heavy (non-hydrogen) atoms. The zero-order chi connectivity index (χ0) is 14.8. The number of amidine groups is 1. The summed E-state index contributed by atoms with van der Waals surface area (Å²) in [5, 5.41) is 11.1. The number of phenolic OH excluding ortho intramolecular Hbond substituents is 1. The van der Waals surface area contributed by atoms with Gasteiger partial charge in [0.1, 0.15) is 5.75 Å². The Hall–Kier alpha value is -1.46. The normalized spacial score (nSPS) is 21.0. The molecule has 1 saturated heterocycles. The van der Waals surface area contributed by atoms with E-state index in [0.29, 0.717) is 15.5 Å². The minimum atomic E-state index is -0.250. The van der Waals surface area contributed by atoms with E-state index in [1.807, 2.05) is 0 Å². The summed E-state index contributed by atoms with van der Waals surface area (Å²) in [7, 11) is 0. The summed E-state index contributed by atoms with van der Waals surface area (Å²) in [5.74, 6) is -0.147. The first-order valence-corrected chi connectivity index (χ1v) is 8.09. The summed E-state index contributed by atoms with van der Waals surface area (Å²) < 4.78 is 0. The first-order valence-electron chi connectivity index (χ1n) is 6.89. The molecule has 0 saturated carbocycles. The second-order valence-electron chi connectivity index (χ2n) is 5.06. The van der Waals surface area contributed by atoms with Crippen LogP contribution in [0.1, 0.15) is 24.8 Å². The number of aromatic hydroxyl groups is 1. The lowest BCUT2D eigenvalue weighted by Crippen LogP contribution is -2.33. The van der Waals surface area contributed by atoms with Gasteiger partial charge in [-0.05, 0) is 55.3 Å². The van der Waals surface area contributed by atoms with Gasteiger partial charge < -0.3 is 10.0 Å². The Bertz CT molecular complexity index is 637. The predicted molar refractivity (Wildman–Crippen MR) is 86.6 cm³/mol. The third-order valence-corrected chi connectivity index (χ3v) is 4.79. The Morgan fingerprint density at radius 2 is 2.05 bits per heavy atom. The van der Waals surface area contributed by atoms with Crippen LogP contribution in [0, 0.1) is 0 Å². The highest BCUT2D eigenvalue weighted by Gasteiger charge is 2.27. The van der Waals surface area contributed by atoms with Crippen LogP contribution in [0.4, 0.5) is 0 Å². The summed E-state index contributed by atoms with van der Waals surface area (Å²) in [6.07, 6.45) is 5.17. The fourth-order valence-corrected chi connectivity index (χ4v) is 3.54. The molecule has 110 valence electrons. The fraction of sp³-hybridized carbons (Fsp3) is 0.333. The second kappa shape index (κ2) is 6.12. The van der Waals surface area contributed by atoms with Gasteiger partial charge in [-0.2, -0.15) is 4.99 Å². The Kier molecular flexibility index (Phi) is 4.22. The van der Waals surface area contributed by atoms with E-state index in [4.69, 9.17) is 11.6 Å². The zero-order valence-corrected chi connectivity index (χ0v) is 13.0. The molecule has 0 aromatic heterocycles. The molecule has 0 radical (unpaired) electrons. The molecule has 1 N–H and O–H groups in total. The number of rotatable bonds is 1. The number of thioether (sulfide) groups is 1. The quantitative estimate of drug-likeness (QED) is 0.804. The molecule has 2 heterocycles. The van der Waals surface area contributed by atoms with Gasteiger partial charge in [-0.25, -0.2) is 0 Å². The van der Waals surface area contributed by atoms with E-state index in [-0.39, 0.29) is 11.7 Å². The summed E-state index contributed by atoms with van der Waals surface area (Å²) in [5.41, 5.74) is 0.536. The number of halogens is 1. The van der Waals surface area contributed by atoms with Gasteiger partial charge >= 0.3 is 0 Å². The maximum atomic E-state index is 12.0. The average molecular weight is 323 g/mol. The maximum Gasteiger partial charge on any atom is 0.286 e. The molecule has 4 nitrogen and oxygen atoms in total. The molecule has 3 rings (SSSR count). The van der Waals surface area contributed by atoms with Gasteiger partial charge in [-0.1, -0.05) is 11.6 Å². The molecule has 0 unspecified atom stereocenters. The third-order valence-electron chi connectivity index (χ3n) is 3.51. The van der Waals surface area contributed by atoms with Crippen molar-refractivity contribution in [2.75, 3.05) is 13.1 Å². The smallest absolute Gasteiger partial charge is 0.286 e. The lowest BCUT2D eigenvalue weighted by molar-refractivity contribution is -0.113. The van der Waals surface area contributed by atoms with Crippen LogP contribution in [0.15, 0.2) is 28.1 Å². The van der Waals surface area contributed by atoms with Crippen LogP contribution in [0.25, 0.3) is 6.08 Å². The van der Waals surface area contributed by atoms with Crippen molar-refractivity contribution in [1.29, 1.82) is 0 Å². The van der Waals surface area contributed by atoms with Crippen LogP contribution >= 0.6 is 23.4 Å². The highest BCUT2D eigenvalue weighted by molar-refractivity contribution is 8.18. The summed E-state index contributed by atoms with van der Waals surface area (Å²) >= 11 is 7.29. The van der Waals surface area contributed by atoms with E-state index in [9.17, 15) is 9.90 Å². The number of likely N-dealkylation sites (tertiary alicyclic amines) is 1. The summed E-state index contributed by atoms with van der Waals surface area (Å²) in [6, 6.07) is 4.76. The molecule has 1 aromatic rings. The van der Waals surface area contributed by atoms with E-state index in [2.05, 4.69) is 9.89 Å². The zero-order valence-electron chi connectivity index (χ0n) is 11.4. The number of nitrogens with zero attached hydrogens (tertiary/aromatic N) is 2. The molecule has 0 bridgehead atoms. The van der Waals surface area contributed by atoms with Crippen LogP contribution < -0.4 is 0 Å². The minimum Gasteiger partial charge on any atom is -0.507 e. The molecule has 0 atom stereocenters. The number of phenols is 1. The van der Waals surface area contributed by atoms with Crippen molar-refractivity contribution < 1.29 is 9.90 Å². The number of carbonyl (C=O) groups is 1. The van der Waals surface area contributed by atoms with E-state index < -0.39 is 0 Å². The molecule has 2 aliphatic rings. The SMILES string of the molecule is O=C1N=C(N2CCCCC2)SC1=Cc1cc(Cl)ccc1O. The third kappa shape index (κ3) is 3.24. The van der Waals surface area contributed by atoms with Gasteiger partial charge in [-0.3, -0.25) is 4.79 Å². The Balaban J connectivity index is 1.80. The van der Waals surface area contributed by atoms with Crippen LogP contribution in [0.5, 0.6) is 5.75 Å². The average Bonchev–Trinajstić information content (AvgIpc) is 2.85. The van der Waals surface area contributed by atoms with E-state index in [0.717, 1.165) is 31.1 Å². The largest absolute Gasteiger partial charge is 0.507 e. The predicted octanol–water partition coefficient (Wildman–Crippen LogP) is 3.50. The summed E-state index contributed by atoms with van der Waals surface area (Å²) in [6.45, 7) is 1.91. The first kappa shape index (κ1) is 14.5. The van der Waals surface area contributed by atoms with Gasteiger partial charge in [0.05, 0.1) is 4.91 Å². The van der Waals surface area contributed by atoms with Crippen molar-refractivity contribution in [3.63, 3.8) is 0 Å². The number of carbonyl (C=O) groups excluding carboxylic acids is 1. The Labute approximate surface area is 132 Å². The summed E-state index contributed by atoms with van der Waals surface area (Å²) in [4.78, 5) is 18.8. The van der Waals surface area contributed by atoms with Gasteiger partial charge in [0.25, 0.3) is 5.91 Å². The standard InChI is InChI=1S/C15H15ClN2O2S/c16-11-4-5-12(19)10(8-11)9-13-14(20)17-15(21-13)18-6-2-1-3-7-18/h4-5,8-9,19H,1-3,6-7H2. The first-order chi connectivity index (χ1) is 10.1. The lowest BCUT2D eigenvalue weighted by Gasteiger charge is -2.27. The lowest BCUT2D eigenvalue weighted by atomic mass is 10.1. The van der Waals surface area contributed by atoms with Crippen molar-refractivity contribution in [2.45, 2.75) is 19.3 Å². The monoisotopic (exact) mass is 322 g/mol. The van der Waals surface area contributed by atoms with Crippen LogP contribution in [0.2, 0.25) is 5.02 Å². The van der Waals surface area contributed by atoms with Gasteiger partial charge in [0.15, 0.2) is 5.17 Å². The molecule has 6 heteroatoms. The van der Waals surface area contributed by atoms with Crippen molar-refractivity contribution in [3.05, 3.63) is 33.7 Å². The Morgan fingerprint density at radius 1 is 1.29 bits per heavy atom.